The zero-order valence-electron chi connectivity index (χ0n) is 10.7. The summed E-state index contributed by atoms with van der Waals surface area (Å²) in [5.41, 5.74) is 1.40. The van der Waals surface area contributed by atoms with E-state index in [0.29, 0.717) is 11.8 Å². The molecule has 0 heterocycles. The highest BCUT2D eigenvalue weighted by Gasteiger charge is 2.02. The zero-order valence-corrected chi connectivity index (χ0v) is 10.7. The number of aliphatic hydroxyl groups excluding tert-OH is 1. The van der Waals surface area contributed by atoms with Gasteiger partial charge in [0.05, 0.1) is 0 Å². The van der Waals surface area contributed by atoms with Crippen molar-refractivity contribution in [1.29, 1.82) is 0 Å². The number of hydrogen-bond acceptors (Lipinski definition) is 1. The Morgan fingerprint density at radius 2 is 1.93 bits per heavy atom. The summed E-state index contributed by atoms with van der Waals surface area (Å²) in [5.74, 6) is 0.998. The van der Waals surface area contributed by atoms with Crippen molar-refractivity contribution < 1.29 is 5.11 Å². The molecule has 0 spiro atoms. The molecule has 0 aliphatic heterocycles. The predicted octanol–water partition coefficient (Wildman–Crippen LogP) is 3.94. The van der Waals surface area contributed by atoms with Crippen LogP contribution in [0.4, 0.5) is 0 Å². The van der Waals surface area contributed by atoms with Crippen molar-refractivity contribution in [1.82, 2.24) is 0 Å². The molecule has 0 aromatic carbocycles. The lowest BCUT2D eigenvalue weighted by Crippen LogP contribution is -1.99. The van der Waals surface area contributed by atoms with Gasteiger partial charge in [-0.1, -0.05) is 44.6 Å². The Morgan fingerprint density at radius 3 is 2.47 bits per heavy atom. The Kier molecular flexibility index (Phi) is 8.40. The van der Waals surface area contributed by atoms with E-state index in [-0.39, 0.29) is 6.61 Å². The third-order valence-corrected chi connectivity index (χ3v) is 2.47. The minimum Gasteiger partial charge on any atom is -0.396 e. The first-order valence-corrected chi connectivity index (χ1v) is 6.03. The minimum atomic E-state index is 0.251. The van der Waals surface area contributed by atoms with Crippen molar-refractivity contribution in [3.05, 3.63) is 23.8 Å². The molecule has 88 valence electrons. The molecule has 0 rings (SSSR count). The van der Waals surface area contributed by atoms with Crippen LogP contribution in [-0.4, -0.2) is 11.7 Å². The van der Waals surface area contributed by atoms with Gasteiger partial charge in [-0.15, -0.1) is 0 Å². The normalized spacial score (nSPS) is 17.0. The van der Waals surface area contributed by atoms with E-state index in [1.165, 1.54) is 5.57 Å². The fourth-order valence-electron chi connectivity index (χ4n) is 1.73. The molecule has 1 N–H and O–H groups in total. The van der Waals surface area contributed by atoms with Crippen LogP contribution >= 0.6 is 0 Å². The Labute approximate surface area is 94.9 Å². The van der Waals surface area contributed by atoms with Crippen LogP contribution in [0.5, 0.6) is 0 Å². The summed E-state index contributed by atoms with van der Waals surface area (Å²) >= 11 is 0. The highest BCUT2D eigenvalue weighted by Crippen LogP contribution is 2.16. The van der Waals surface area contributed by atoms with Gasteiger partial charge in [0.25, 0.3) is 0 Å². The van der Waals surface area contributed by atoms with Gasteiger partial charge < -0.3 is 5.11 Å². The van der Waals surface area contributed by atoms with Gasteiger partial charge in [-0.3, -0.25) is 0 Å². The Bertz CT molecular complexity index is 203. The van der Waals surface area contributed by atoms with Crippen LogP contribution in [0.15, 0.2) is 23.8 Å². The van der Waals surface area contributed by atoms with Gasteiger partial charge in [-0.25, -0.2) is 0 Å². The van der Waals surface area contributed by atoms with Crippen LogP contribution in [-0.2, 0) is 0 Å². The molecular weight excluding hydrogens is 184 g/mol. The molecule has 0 aromatic heterocycles. The molecular formula is C14H26O. The van der Waals surface area contributed by atoms with Crippen LogP contribution in [0.2, 0.25) is 0 Å². The topological polar surface area (TPSA) is 20.2 Å². The van der Waals surface area contributed by atoms with Crippen LogP contribution in [0.1, 0.15) is 47.0 Å². The van der Waals surface area contributed by atoms with E-state index in [1.807, 2.05) is 6.92 Å². The third-order valence-electron chi connectivity index (χ3n) is 2.47. The van der Waals surface area contributed by atoms with Crippen LogP contribution in [0, 0.1) is 11.8 Å². The van der Waals surface area contributed by atoms with E-state index >= 15 is 0 Å². The highest BCUT2D eigenvalue weighted by molar-refractivity contribution is 5.01. The maximum atomic E-state index is 8.94. The van der Waals surface area contributed by atoms with Crippen molar-refractivity contribution in [2.75, 3.05) is 6.61 Å². The smallest absolute Gasteiger partial charge is 0.0491 e. The van der Waals surface area contributed by atoms with E-state index in [4.69, 9.17) is 5.11 Å². The molecule has 1 heteroatoms. The lowest BCUT2D eigenvalue weighted by Gasteiger charge is -2.10. The molecule has 0 saturated heterocycles. The fourth-order valence-corrected chi connectivity index (χ4v) is 1.73. The molecule has 15 heavy (non-hydrogen) atoms. The van der Waals surface area contributed by atoms with E-state index in [0.717, 1.165) is 19.3 Å². The minimum absolute atomic E-state index is 0.251. The molecule has 0 fully saturated rings. The monoisotopic (exact) mass is 210 g/mol. The van der Waals surface area contributed by atoms with Gasteiger partial charge >= 0.3 is 0 Å². The maximum absolute atomic E-state index is 8.94. The summed E-state index contributed by atoms with van der Waals surface area (Å²) in [5, 5.41) is 8.94. The SMILES string of the molecule is CC/C=C/CC(C)C/C(C)=C/C(C)CO. The van der Waals surface area contributed by atoms with E-state index in [9.17, 15) is 0 Å². The van der Waals surface area contributed by atoms with Gasteiger partial charge in [0.2, 0.25) is 0 Å². The van der Waals surface area contributed by atoms with Gasteiger partial charge in [0.1, 0.15) is 0 Å². The van der Waals surface area contributed by atoms with E-state index < -0.39 is 0 Å². The van der Waals surface area contributed by atoms with Crippen molar-refractivity contribution >= 4 is 0 Å². The molecule has 0 aromatic rings. The molecule has 0 radical (unpaired) electrons. The quantitative estimate of drug-likeness (QED) is 0.631. The summed E-state index contributed by atoms with van der Waals surface area (Å²) in [7, 11) is 0. The van der Waals surface area contributed by atoms with Crippen LogP contribution in [0.25, 0.3) is 0 Å². The zero-order chi connectivity index (χ0) is 11.7. The predicted molar refractivity (Wildman–Crippen MR) is 67.8 cm³/mol. The van der Waals surface area contributed by atoms with Gasteiger partial charge in [-0.05, 0) is 38.0 Å². The lowest BCUT2D eigenvalue weighted by atomic mass is 9.96. The largest absolute Gasteiger partial charge is 0.396 e. The van der Waals surface area contributed by atoms with Crippen molar-refractivity contribution in [3.63, 3.8) is 0 Å². The first-order chi connectivity index (χ1) is 7.10. The highest BCUT2D eigenvalue weighted by atomic mass is 16.3. The second-order valence-corrected chi connectivity index (χ2v) is 4.60. The van der Waals surface area contributed by atoms with Gasteiger partial charge in [0.15, 0.2) is 0 Å². The van der Waals surface area contributed by atoms with Gasteiger partial charge in [-0.2, -0.15) is 0 Å². The summed E-state index contributed by atoms with van der Waals surface area (Å²) < 4.78 is 0. The molecule has 2 unspecified atom stereocenters. The summed E-state index contributed by atoms with van der Waals surface area (Å²) in [6.45, 7) is 8.90. The second kappa shape index (κ2) is 8.72. The Morgan fingerprint density at radius 1 is 1.27 bits per heavy atom. The van der Waals surface area contributed by atoms with Crippen molar-refractivity contribution in [2.24, 2.45) is 11.8 Å². The lowest BCUT2D eigenvalue weighted by molar-refractivity contribution is 0.261. The standard InChI is InChI=1S/C14H26O/c1-5-6-7-8-12(2)9-13(3)10-14(4)11-15/h6-7,10,12,14-15H,5,8-9,11H2,1-4H3/b7-6+,13-10+. The number of rotatable bonds is 7. The third kappa shape index (κ3) is 8.44. The molecule has 0 amide bonds. The van der Waals surface area contributed by atoms with Crippen LogP contribution < -0.4 is 0 Å². The first kappa shape index (κ1) is 14.4. The van der Waals surface area contributed by atoms with E-state index in [2.05, 4.69) is 39.0 Å². The van der Waals surface area contributed by atoms with Crippen molar-refractivity contribution in [3.8, 4) is 0 Å². The average molecular weight is 210 g/mol. The maximum Gasteiger partial charge on any atom is 0.0491 e. The molecule has 0 saturated carbocycles. The summed E-state index contributed by atoms with van der Waals surface area (Å²) in [4.78, 5) is 0. The van der Waals surface area contributed by atoms with Gasteiger partial charge in [0, 0.05) is 6.61 Å². The molecule has 0 aliphatic rings. The first-order valence-electron chi connectivity index (χ1n) is 6.03. The van der Waals surface area contributed by atoms with E-state index in [1.54, 1.807) is 0 Å². The molecule has 1 nitrogen and oxygen atoms in total. The van der Waals surface area contributed by atoms with Crippen LogP contribution in [0.3, 0.4) is 0 Å². The second-order valence-electron chi connectivity index (χ2n) is 4.60. The average Bonchev–Trinajstić information content (AvgIpc) is 2.17. The summed E-state index contributed by atoms with van der Waals surface area (Å²) in [6, 6.07) is 0. The molecule has 0 aliphatic carbocycles. The molecule has 2 atom stereocenters. The summed E-state index contributed by atoms with van der Waals surface area (Å²) in [6.07, 6.45) is 10.1. The van der Waals surface area contributed by atoms with Crippen molar-refractivity contribution in [2.45, 2.75) is 47.0 Å². The number of hydrogen-bond donors (Lipinski definition) is 1. The number of allylic oxidation sites excluding steroid dienone is 3. The Hall–Kier alpha value is -0.560. The molecule has 0 bridgehead atoms. The number of aliphatic hydroxyl groups is 1. The fraction of sp³-hybridized carbons (Fsp3) is 0.714. The Balaban J connectivity index is 3.89.